The van der Waals surface area contributed by atoms with Crippen molar-refractivity contribution < 1.29 is 4.79 Å². The summed E-state index contributed by atoms with van der Waals surface area (Å²) in [5.41, 5.74) is 9.80. The number of nitrogen functional groups attached to an aromatic ring is 1. The minimum atomic E-state index is -0.180. The van der Waals surface area contributed by atoms with Gasteiger partial charge in [-0.2, -0.15) is 0 Å². The second-order valence-corrected chi connectivity index (χ2v) is 6.87. The molecule has 0 aliphatic heterocycles. The summed E-state index contributed by atoms with van der Waals surface area (Å²) in [5.74, 6) is 1.07. The molecule has 1 heterocycles. The van der Waals surface area contributed by atoms with Crippen molar-refractivity contribution in [3.63, 3.8) is 0 Å². The van der Waals surface area contributed by atoms with Crippen LogP contribution in [0.2, 0.25) is 0 Å². The van der Waals surface area contributed by atoms with E-state index in [1.807, 2.05) is 37.3 Å². The number of amides is 1. The Morgan fingerprint density at radius 3 is 2.72 bits per heavy atom. The van der Waals surface area contributed by atoms with Crippen molar-refractivity contribution in [2.75, 3.05) is 5.73 Å². The van der Waals surface area contributed by atoms with Gasteiger partial charge in [-0.05, 0) is 49.1 Å². The van der Waals surface area contributed by atoms with Crippen LogP contribution in [-0.2, 0) is 0 Å². The molecule has 5 nitrogen and oxygen atoms in total. The number of para-hydroxylation sites is 2. The van der Waals surface area contributed by atoms with Gasteiger partial charge in [-0.25, -0.2) is 4.98 Å². The number of rotatable bonds is 5. The Kier molecular flexibility index (Phi) is 4.74. The van der Waals surface area contributed by atoms with E-state index in [2.05, 4.69) is 29.1 Å². The Labute approximate surface area is 147 Å². The number of imidazole rings is 1. The van der Waals surface area contributed by atoms with E-state index in [0.29, 0.717) is 17.2 Å². The molecule has 25 heavy (non-hydrogen) atoms. The van der Waals surface area contributed by atoms with E-state index in [1.54, 1.807) is 12.1 Å². The summed E-state index contributed by atoms with van der Waals surface area (Å²) in [6.07, 6.45) is 0.799. The minimum Gasteiger partial charge on any atom is -0.399 e. The molecule has 3 aromatic rings. The molecule has 3 rings (SSSR count). The predicted molar refractivity (Wildman–Crippen MR) is 101 cm³/mol. The number of fused-ring (bicyclic) bond motifs is 1. The number of aromatic amines is 1. The van der Waals surface area contributed by atoms with Gasteiger partial charge in [-0.1, -0.05) is 32.0 Å². The van der Waals surface area contributed by atoms with Crippen LogP contribution in [0.3, 0.4) is 0 Å². The molecule has 0 radical (unpaired) electrons. The van der Waals surface area contributed by atoms with Gasteiger partial charge < -0.3 is 16.0 Å². The van der Waals surface area contributed by atoms with Gasteiger partial charge >= 0.3 is 0 Å². The highest BCUT2D eigenvalue weighted by Crippen LogP contribution is 2.23. The SMILES string of the molecule is Cc1ccc(N)cc1C(=O)NC(CC(C)C)c1nc2ccccc2[nH]1. The van der Waals surface area contributed by atoms with E-state index >= 15 is 0 Å². The van der Waals surface area contributed by atoms with Gasteiger partial charge in [0, 0.05) is 11.3 Å². The van der Waals surface area contributed by atoms with Gasteiger partial charge in [0.25, 0.3) is 5.91 Å². The molecule has 1 aromatic heterocycles. The topological polar surface area (TPSA) is 83.8 Å². The van der Waals surface area contributed by atoms with E-state index in [4.69, 9.17) is 5.73 Å². The van der Waals surface area contributed by atoms with E-state index in [9.17, 15) is 4.79 Å². The third-order valence-corrected chi connectivity index (χ3v) is 4.26. The average Bonchev–Trinajstić information content (AvgIpc) is 3.00. The third kappa shape index (κ3) is 3.82. The maximum atomic E-state index is 12.8. The van der Waals surface area contributed by atoms with Crippen LogP contribution in [0.5, 0.6) is 0 Å². The molecule has 0 spiro atoms. The summed E-state index contributed by atoms with van der Waals surface area (Å²) in [5, 5.41) is 3.12. The minimum absolute atomic E-state index is 0.129. The van der Waals surface area contributed by atoms with E-state index in [0.717, 1.165) is 28.8 Å². The summed E-state index contributed by atoms with van der Waals surface area (Å²) in [4.78, 5) is 20.8. The molecule has 4 N–H and O–H groups in total. The lowest BCUT2D eigenvalue weighted by Gasteiger charge is -2.19. The van der Waals surface area contributed by atoms with Crippen LogP contribution in [0, 0.1) is 12.8 Å². The van der Waals surface area contributed by atoms with Crippen LogP contribution in [-0.4, -0.2) is 15.9 Å². The second-order valence-electron chi connectivity index (χ2n) is 6.87. The lowest BCUT2D eigenvalue weighted by atomic mass is 10.0. The quantitative estimate of drug-likeness (QED) is 0.616. The highest BCUT2D eigenvalue weighted by atomic mass is 16.1. The Hall–Kier alpha value is -2.82. The molecule has 0 bridgehead atoms. The van der Waals surface area contributed by atoms with Crippen molar-refractivity contribution >= 4 is 22.6 Å². The largest absolute Gasteiger partial charge is 0.399 e. The summed E-state index contributed by atoms with van der Waals surface area (Å²) in [7, 11) is 0. The number of benzene rings is 2. The smallest absolute Gasteiger partial charge is 0.252 e. The zero-order valence-electron chi connectivity index (χ0n) is 14.8. The highest BCUT2D eigenvalue weighted by molar-refractivity contribution is 5.96. The number of anilines is 1. The Balaban J connectivity index is 1.90. The number of carbonyl (C=O) groups is 1. The molecule has 1 amide bonds. The molecule has 0 fully saturated rings. The first-order chi connectivity index (χ1) is 11.9. The van der Waals surface area contributed by atoms with E-state index < -0.39 is 0 Å². The molecule has 0 saturated carbocycles. The van der Waals surface area contributed by atoms with Gasteiger partial charge in [0.1, 0.15) is 5.82 Å². The molecule has 130 valence electrons. The predicted octanol–water partition coefficient (Wildman–Crippen LogP) is 3.97. The van der Waals surface area contributed by atoms with Crippen molar-refractivity contribution in [3.05, 3.63) is 59.4 Å². The maximum absolute atomic E-state index is 12.8. The third-order valence-electron chi connectivity index (χ3n) is 4.26. The molecule has 1 unspecified atom stereocenters. The fourth-order valence-corrected chi connectivity index (χ4v) is 2.97. The first-order valence-corrected chi connectivity index (χ1v) is 8.55. The van der Waals surface area contributed by atoms with Crippen molar-refractivity contribution in [1.29, 1.82) is 0 Å². The lowest BCUT2D eigenvalue weighted by Crippen LogP contribution is -2.30. The van der Waals surface area contributed by atoms with Crippen LogP contribution >= 0.6 is 0 Å². The van der Waals surface area contributed by atoms with Crippen LogP contribution in [0.15, 0.2) is 42.5 Å². The van der Waals surface area contributed by atoms with Crippen molar-refractivity contribution in [1.82, 2.24) is 15.3 Å². The molecule has 1 atom stereocenters. The first-order valence-electron chi connectivity index (χ1n) is 8.55. The molecule has 0 aliphatic carbocycles. The number of nitrogens with one attached hydrogen (secondary N) is 2. The Morgan fingerprint density at radius 1 is 1.24 bits per heavy atom. The standard InChI is InChI=1S/C20H24N4O/c1-12(2)10-18(19-22-16-6-4-5-7-17(16)23-19)24-20(25)15-11-14(21)9-8-13(15)3/h4-9,11-12,18H,10,21H2,1-3H3,(H,22,23)(H,24,25). The fourth-order valence-electron chi connectivity index (χ4n) is 2.97. The van der Waals surface area contributed by atoms with Gasteiger partial charge in [-0.15, -0.1) is 0 Å². The number of nitrogens with two attached hydrogens (primary N) is 1. The van der Waals surface area contributed by atoms with Crippen molar-refractivity contribution in [2.24, 2.45) is 5.92 Å². The number of hydrogen-bond donors (Lipinski definition) is 3. The number of H-pyrrole nitrogens is 1. The van der Waals surface area contributed by atoms with E-state index in [-0.39, 0.29) is 11.9 Å². The Morgan fingerprint density at radius 2 is 2.00 bits per heavy atom. The molecule has 0 saturated heterocycles. The van der Waals surface area contributed by atoms with Crippen molar-refractivity contribution in [3.8, 4) is 0 Å². The number of hydrogen-bond acceptors (Lipinski definition) is 3. The van der Waals surface area contributed by atoms with Crippen molar-refractivity contribution in [2.45, 2.75) is 33.2 Å². The number of aromatic nitrogens is 2. The zero-order valence-corrected chi connectivity index (χ0v) is 14.8. The zero-order chi connectivity index (χ0) is 18.0. The lowest BCUT2D eigenvalue weighted by molar-refractivity contribution is 0.0929. The van der Waals surface area contributed by atoms with Gasteiger partial charge in [0.15, 0.2) is 0 Å². The Bertz CT molecular complexity index is 865. The van der Waals surface area contributed by atoms with Gasteiger partial charge in [0.05, 0.1) is 17.1 Å². The number of aryl methyl sites for hydroxylation is 1. The summed E-state index contributed by atoms with van der Waals surface area (Å²) in [6, 6.07) is 13.1. The first kappa shape index (κ1) is 17.0. The summed E-state index contributed by atoms with van der Waals surface area (Å²) >= 11 is 0. The molecule has 2 aromatic carbocycles. The monoisotopic (exact) mass is 336 g/mol. The van der Waals surface area contributed by atoms with Crippen LogP contribution in [0.25, 0.3) is 11.0 Å². The number of carbonyl (C=O) groups excluding carboxylic acids is 1. The molecule has 0 aliphatic rings. The molecular formula is C20H24N4O. The van der Waals surface area contributed by atoms with E-state index in [1.165, 1.54) is 0 Å². The normalized spacial score (nSPS) is 12.5. The fraction of sp³-hybridized carbons (Fsp3) is 0.300. The average molecular weight is 336 g/mol. The van der Waals surface area contributed by atoms with Crippen LogP contribution in [0.1, 0.15) is 48.1 Å². The van der Waals surface area contributed by atoms with Crippen LogP contribution in [0.4, 0.5) is 5.69 Å². The maximum Gasteiger partial charge on any atom is 0.252 e. The van der Waals surface area contributed by atoms with Crippen LogP contribution < -0.4 is 11.1 Å². The van der Waals surface area contributed by atoms with Gasteiger partial charge in [-0.3, -0.25) is 4.79 Å². The second kappa shape index (κ2) is 6.97. The summed E-state index contributed by atoms with van der Waals surface area (Å²) in [6.45, 7) is 6.17. The summed E-state index contributed by atoms with van der Waals surface area (Å²) < 4.78 is 0. The molecular weight excluding hydrogens is 312 g/mol. The molecule has 5 heteroatoms. The highest BCUT2D eigenvalue weighted by Gasteiger charge is 2.21. The van der Waals surface area contributed by atoms with Gasteiger partial charge in [0.2, 0.25) is 0 Å². The number of nitrogens with zero attached hydrogens (tertiary/aromatic N) is 1.